The molecule has 2 N–H and O–H groups in total. The maximum absolute atomic E-state index is 9.13. The predicted octanol–water partition coefficient (Wildman–Crippen LogP) is 3.30. The summed E-state index contributed by atoms with van der Waals surface area (Å²) < 4.78 is 0. The van der Waals surface area contributed by atoms with Gasteiger partial charge in [0.25, 0.3) is 0 Å². The lowest BCUT2D eigenvalue weighted by molar-refractivity contribution is 0.244. The zero-order chi connectivity index (χ0) is 13.2. The summed E-state index contributed by atoms with van der Waals surface area (Å²) in [5, 5.41) is 9.13. The lowest BCUT2D eigenvalue weighted by Gasteiger charge is -2.45. The van der Waals surface area contributed by atoms with E-state index in [1.54, 1.807) is 6.07 Å². The van der Waals surface area contributed by atoms with E-state index in [4.69, 9.17) is 11.0 Å². The molecule has 0 unspecified atom stereocenters. The van der Waals surface area contributed by atoms with Crippen molar-refractivity contribution in [2.24, 2.45) is 5.92 Å². The van der Waals surface area contributed by atoms with Crippen molar-refractivity contribution in [2.75, 3.05) is 17.2 Å². The molecule has 2 fully saturated rings. The van der Waals surface area contributed by atoms with E-state index in [0.717, 1.165) is 18.2 Å². The highest BCUT2D eigenvalue weighted by Crippen LogP contribution is 2.39. The Morgan fingerprint density at radius 2 is 1.95 bits per heavy atom. The van der Waals surface area contributed by atoms with Gasteiger partial charge in [-0.2, -0.15) is 5.26 Å². The van der Waals surface area contributed by atoms with Gasteiger partial charge < -0.3 is 10.6 Å². The molecule has 3 rings (SSSR count). The van der Waals surface area contributed by atoms with Crippen LogP contribution >= 0.6 is 0 Å². The number of rotatable bonds is 1. The van der Waals surface area contributed by atoms with Crippen LogP contribution in [0.4, 0.5) is 11.4 Å². The normalized spacial score (nSPS) is 26.6. The first-order chi connectivity index (χ1) is 9.31. The van der Waals surface area contributed by atoms with Gasteiger partial charge >= 0.3 is 0 Å². The van der Waals surface area contributed by atoms with Crippen molar-refractivity contribution in [1.82, 2.24) is 0 Å². The smallest absolute Gasteiger partial charge is 0.101 e. The molecule has 3 nitrogen and oxygen atoms in total. The minimum atomic E-state index is 0.607. The van der Waals surface area contributed by atoms with E-state index in [-0.39, 0.29) is 0 Å². The van der Waals surface area contributed by atoms with Gasteiger partial charge in [0.1, 0.15) is 6.07 Å². The molecule has 1 aromatic carbocycles. The predicted molar refractivity (Wildman–Crippen MR) is 77.9 cm³/mol. The van der Waals surface area contributed by atoms with Crippen molar-refractivity contribution in [2.45, 2.75) is 44.6 Å². The summed E-state index contributed by atoms with van der Waals surface area (Å²) in [6.07, 6.45) is 7.95. The fourth-order valence-corrected chi connectivity index (χ4v) is 3.82. The summed E-state index contributed by atoms with van der Waals surface area (Å²) in [6, 6.07) is 8.67. The van der Waals surface area contributed by atoms with Crippen LogP contribution in [0.15, 0.2) is 18.2 Å². The van der Waals surface area contributed by atoms with Gasteiger partial charge in [-0.3, -0.25) is 0 Å². The van der Waals surface area contributed by atoms with Gasteiger partial charge in [-0.25, -0.2) is 0 Å². The lowest BCUT2D eigenvalue weighted by Crippen LogP contribution is -2.47. The largest absolute Gasteiger partial charge is 0.396 e. The van der Waals surface area contributed by atoms with Crippen LogP contribution in [0.5, 0.6) is 0 Å². The van der Waals surface area contributed by atoms with Crippen molar-refractivity contribution in [1.29, 1.82) is 5.26 Å². The number of piperidine rings is 1. The van der Waals surface area contributed by atoms with Gasteiger partial charge in [-0.1, -0.05) is 18.9 Å². The Kier molecular flexibility index (Phi) is 3.33. The third-order valence-corrected chi connectivity index (χ3v) is 4.76. The average Bonchev–Trinajstić information content (AvgIpc) is 2.47. The van der Waals surface area contributed by atoms with E-state index >= 15 is 0 Å². The number of nitrogens with two attached hydrogens (primary N) is 1. The number of para-hydroxylation sites is 1. The van der Waals surface area contributed by atoms with E-state index in [1.165, 1.54) is 38.5 Å². The third-order valence-electron chi connectivity index (χ3n) is 4.76. The number of nitriles is 1. The van der Waals surface area contributed by atoms with Gasteiger partial charge in [0.2, 0.25) is 0 Å². The molecule has 1 saturated carbocycles. The Balaban J connectivity index is 1.94. The number of hydrogen-bond donors (Lipinski definition) is 1. The SMILES string of the molecule is N#Cc1cccc(N2CCC[C@H]3CCCC[C@H]32)c1N. The first kappa shape index (κ1) is 12.3. The molecule has 1 aliphatic heterocycles. The molecule has 1 aromatic rings. The average molecular weight is 255 g/mol. The molecule has 1 heterocycles. The first-order valence-corrected chi connectivity index (χ1v) is 7.36. The summed E-state index contributed by atoms with van der Waals surface area (Å²) in [4.78, 5) is 2.48. The van der Waals surface area contributed by atoms with Gasteiger partial charge in [0.05, 0.1) is 16.9 Å². The second kappa shape index (κ2) is 5.13. The number of anilines is 2. The minimum absolute atomic E-state index is 0.607. The van der Waals surface area contributed by atoms with Crippen LogP contribution in [-0.2, 0) is 0 Å². The lowest BCUT2D eigenvalue weighted by atomic mass is 9.78. The molecule has 100 valence electrons. The highest BCUT2D eigenvalue weighted by molar-refractivity contribution is 5.74. The third kappa shape index (κ3) is 2.16. The molecular weight excluding hydrogens is 234 g/mol. The molecule has 0 amide bonds. The maximum atomic E-state index is 9.13. The van der Waals surface area contributed by atoms with Crippen LogP contribution in [0, 0.1) is 17.2 Å². The van der Waals surface area contributed by atoms with Crippen molar-refractivity contribution in [3.8, 4) is 6.07 Å². The van der Waals surface area contributed by atoms with Gasteiger partial charge in [-0.15, -0.1) is 0 Å². The minimum Gasteiger partial charge on any atom is -0.396 e. The summed E-state index contributed by atoms with van der Waals surface area (Å²) in [5.41, 5.74) is 8.53. The van der Waals surface area contributed by atoms with E-state index in [9.17, 15) is 0 Å². The number of benzene rings is 1. The molecule has 0 aromatic heterocycles. The Labute approximate surface area is 115 Å². The Morgan fingerprint density at radius 3 is 2.79 bits per heavy atom. The van der Waals surface area contributed by atoms with Crippen LogP contribution in [0.3, 0.4) is 0 Å². The van der Waals surface area contributed by atoms with E-state index in [1.807, 2.05) is 6.07 Å². The van der Waals surface area contributed by atoms with Crippen LogP contribution < -0.4 is 10.6 Å². The molecule has 19 heavy (non-hydrogen) atoms. The first-order valence-electron chi connectivity index (χ1n) is 7.36. The second-order valence-corrected chi connectivity index (χ2v) is 5.80. The monoisotopic (exact) mass is 255 g/mol. The van der Waals surface area contributed by atoms with Crippen LogP contribution in [0.2, 0.25) is 0 Å². The summed E-state index contributed by atoms with van der Waals surface area (Å²) >= 11 is 0. The fourth-order valence-electron chi connectivity index (χ4n) is 3.82. The van der Waals surface area contributed by atoms with Crippen LogP contribution in [-0.4, -0.2) is 12.6 Å². The number of fused-ring (bicyclic) bond motifs is 1. The molecule has 1 aliphatic carbocycles. The molecule has 2 atom stereocenters. The van der Waals surface area contributed by atoms with E-state index in [2.05, 4.69) is 17.0 Å². The molecule has 0 bridgehead atoms. The standard InChI is InChI=1S/C16H21N3/c17-11-13-6-3-9-15(16(13)18)19-10-4-7-12-5-1-2-8-14(12)19/h3,6,9,12,14H,1-2,4-5,7-8,10,18H2/t12-,14-/m1/s1. The summed E-state index contributed by atoms with van der Waals surface area (Å²) in [6.45, 7) is 1.08. The van der Waals surface area contributed by atoms with Gasteiger partial charge in [0, 0.05) is 12.6 Å². The fraction of sp³-hybridized carbons (Fsp3) is 0.562. The highest BCUT2D eigenvalue weighted by atomic mass is 15.2. The Morgan fingerprint density at radius 1 is 1.16 bits per heavy atom. The summed E-state index contributed by atoms with van der Waals surface area (Å²) in [5.74, 6) is 0.827. The molecule has 2 aliphatic rings. The topological polar surface area (TPSA) is 53.0 Å². The molecule has 0 radical (unpaired) electrons. The molecule has 1 saturated heterocycles. The second-order valence-electron chi connectivity index (χ2n) is 5.80. The van der Waals surface area contributed by atoms with Gasteiger partial charge in [-0.05, 0) is 43.7 Å². The van der Waals surface area contributed by atoms with Crippen LogP contribution in [0.25, 0.3) is 0 Å². The van der Waals surface area contributed by atoms with E-state index < -0.39 is 0 Å². The van der Waals surface area contributed by atoms with Crippen molar-refractivity contribution in [3.05, 3.63) is 23.8 Å². The number of nitrogen functional groups attached to an aromatic ring is 1. The van der Waals surface area contributed by atoms with Crippen molar-refractivity contribution in [3.63, 3.8) is 0 Å². The zero-order valence-electron chi connectivity index (χ0n) is 11.3. The molecular formula is C16H21N3. The van der Waals surface area contributed by atoms with Crippen LogP contribution in [0.1, 0.15) is 44.1 Å². The van der Waals surface area contributed by atoms with Gasteiger partial charge in [0.15, 0.2) is 0 Å². The number of nitrogens with zero attached hydrogens (tertiary/aromatic N) is 2. The van der Waals surface area contributed by atoms with Crippen molar-refractivity contribution < 1.29 is 0 Å². The summed E-state index contributed by atoms with van der Waals surface area (Å²) in [7, 11) is 0. The van der Waals surface area contributed by atoms with Crippen molar-refractivity contribution >= 4 is 11.4 Å². The maximum Gasteiger partial charge on any atom is 0.101 e. The quantitative estimate of drug-likeness (QED) is 0.783. The Hall–Kier alpha value is -1.69. The molecule has 3 heteroatoms. The Bertz CT molecular complexity index is 501. The zero-order valence-corrected chi connectivity index (χ0v) is 11.3. The highest BCUT2D eigenvalue weighted by Gasteiger charge is 2.34. The molecule has 0 spiro atoms. The van der Waals surface area contributed by atoms with E-state index in [0.29, 0.717) is 17.3 Å². The number of hydrogen-bond acceptors (Lipinski definition) is 3.